The number of hydrogen-bond acceptors (Lipinski definition) is 14. The molecule has 4 aromatic carbocycles. The van der Waals surface area contributed by atoms with Crippen molar-refractivity contribution in [3.8, 4) is 11.5 Å². The Labute approximate surface area is 234 Å². The molecule has 0 atom stereocenters. The third-order valence-electron chi connectivity index (χ3n) is 5.54. The minimum Gasteiger partial charge on any atom is -0.506 e. The Hall–Kier alpha value is -4.73. The van der Waals surface area contributed by atoms with Gasteiger partial charge < -0.3 is 10.2 Å². The van der Waals surface area contributed by atoms with Crippen molar-refractivity contribution in [2.75, 3.05) is 10.9 Å². The molecule has 0 saturated carbocycles. The van der Waals surface area contributed by atoms with Gasteiger partial charge in [-0.2, -0.15) is 35.5 Å². The van der Waals surface area contributed by atoms with Gasteiger partial charge >= 0.3 is 0 Å². The summed E-state index contributed by atoms with van der Waals surface area (Å²) >= 11 is 0. The Morgan fingerprint density at radius 1 is 0.524 bits per heavy atom. The standard InChI is InChI=1S/C22H16N4O13S3/c27-17-5-2-11(41(34,35)36)8-15(17)23-25-19-13-4-1-10(40(31,32)33)7-14(13)20(22(30)21(19)29)26-24-16-9-12(42(37,38)39)3-6-18(16)28/h1-9,23-24,27-28H,(H,31,32,33)(H,34,35,36)(H,37,38,39)/b25-19-,26-20+. The normalized spacial score (nSPS) is 13.4. The molecule has 42 heavy (non-hydrogen) atoms. The van der Waals surface area contributed by atoms with Crippen molar-refractivity contribution in [2.24, 2.45) is 10.2 Å². The van der Waals surface area contributed by atoms with E-state index in [1.54, 1.807) is 0 Å². The zero-order valence-corrected chi connectivity index (χ0v) is 22.8. The zero-order valence-electron chi connectivity index (χ0n) is 20.3. The number of rotatable bonds is 7. The van der Waals surface area contributed by atoms with Gasteiger partial charge in [0.1, 0.15) is 22.2 Å². The van der Waals surface area contributed by atoms with Crippen molar-refractivity contribution in [1.82, 2.24) is 0 Å². The number of nitrogens with zero attached hydrogens (tertiary/aromatic N) is 2. The SMILES string of the molecule is O=c1c(=O)/c(=N/Nc2cc(S(=O)(=O)O)ccc2O)c2cc(S(=O)(=O)O)ccc2/c1=N/Nc1cc(S(=O)(=O)O)ccc1O. The zero-order chi connectivity index (χ0) is 31.2. The third kappa shape index (κ3) is 6.12. The third-order valence-corrected chi connectivity index (χ3v) is 8.09. The van der Waals surface area contributed by atoms with Gasteiger partial charge in [0.25, 0.3) is 41.2 Å². The molecule has 20 heteroatoms. The van der Waals surface area contributed by atoms with Gasteiger partial charge in [0.15, 0.2) is 0 Å². The lowest BCUT2D eigenvalue weighted by atomic mass is 10.1. The largest absolute Gasteiger partial charge is 0.506 e. The van der Waals surface area contributed by atoms with Gasteiger partial charge in [-0.1, -0.05) is 6.07 Å². The molecule has 0 spiro atoms. The second-order valence-electron chi connectivity index (χ2n) is 8.29. The van der Waals surface area contributed by atoms with Gasteiger partial charge in [-0.3, -0.25) is 34.1 Å². The fourth-order valence-electron chi connectivity index (χ4n) is 3.53. The molecule has 0 bridgehead atoms. The fraction of sp³-hybridized carbons (Fsp3) is 0. The average Bonchev–Trinajstić information content (AvgIpc) is 2.88. The maximum atomic E-state index is 13.1. The molecule has 4 aromatic rings. The van der Waals surface area contributed by atoms with Gasteiger partial charge in [0.05, 0.1) is 26.1 Å². The molecule has 0 fully saturated rings. The average molecular weight is 641 g/mol. The highest BCUT2D eigenvalue weighted by Gasteiger charge is 2.18. The van der Waals surface area contributed by atoms with E-state index in [0.717, 1.165) is 54.6 Å². The van der Waals surface area contributed by atoms with E-state index in [1.807, 2.05) is 0 Å². The fourth-order valence-corrected chi connectivity index (χ4v) is 5.05. The van der Waals surface area contributed by atoms with Crippen molar-refractivity contribution >= 4 is 52.5 Å². The molecular weight excluding hydrogens is 624 g/mol. The summed E-state index contributed by atoms with van der Waals surface area (Å²) in [6.07, 6.45) is 0. The molecule has 0 aromatic heterocycles. The minimum absolute atomic E-state index is 0.249. The molecule has 0 aliphatic rings. The van der Waals surface area contributed by atoms with Crippen molar-refractivity contribution in [1.29, 1.82) is 0 Å². The van der Waals surface area contributed by atoms with Crippen LogP contribution in [-0.2, 0) is 30.4 Å². The summed E-state index contributed by atoms with van der Waals surface area (Å²) < 4.78 is 97.2. The highest BCUT2D eigenvalue weighted by atomic mass is 32.2. The maximum absolute atomic E-state index is 13.1. The highest BCUT2D eigenvalue weighted by molar-refractivity contribution is 7.86. The molecule has 0 amide bonds. The molecule has 0 aliphatic carbocycles. The minimum atomic E-state index is -4.86. The summed E-state index contributed by atoms with van der Waals surface area (Å²) in [5, 5.41) is 25.4. The van der Waals surface area contributed by atoms with Crippen LogP contribution in [0.5, 0.6) is 11.5 Å². The first-order valence-corrected chi connectivity index (χ1v) is 15.2. The number of hydrogen-bond donors (Lipinski definition) is 7. The number of fused-ring (bicyclic) bond motifs is 1. The Kier molecular flexibility index (Phi) is 7.62. The van der Waals surface area contributed by atoms with Gasteiger partial charge in [-0.05, 0) is 48.5 Å². The molecule has 0 radical (unpaired) electrons. The molecular formula is C22H16N4O13S3. The van der Waals surface area contributed by atoms with Crippen molar-refractivity contribution < 1.29 is 49.1 Å². The Morgan fingerprint density at radius 3 is 1.29 bits per heavy atom. The second-order valence-corrected chi connectivity index (χ2v) is 12.6. The Morgan fingerprint density at radius 2 is 0.881 bits per heavy atom. The number of anilines is 2. The predicted molar refractivity (Wildman–Crippen MR) is 143 cm³/mol. The summed E-state index contributed by atoms with van der Waals surface area (Å²) in [4.78, 5) is 24.0. The van der Waals surface area contributed by atoms with Gasteiger partial charge in [0.2, 0.25) is 0 Å². The van der Waals surface area contributed by atoms with E-state index in [2.05, 4.69) is 21.1 Å². The molecule has 220 valence electrons. The number of aromatic hydroxyl groups is 2. The second kappa shape index (κ2) is 10.6. The van der Waals surface area contributed by atoms with Crippen LogP contribution >= 0.6 is 0 Å². The maximum Gasteiger partial charge on any atom is 0.294 e. The lowest BCUT2D eigenvalue weighted by Gasteiger charge is -2.07. The molecule has 17 nitrogen and oxygen atoms in total. The summed E-state index contributed by atoms with van der Waals surface area (Å²) in [7, 11) is -14.3. The van der Waals surface area contributed by atoms with Crippen molar-refractivity contribution in [3.05, 3.63) is 85.8 Å². The van der Waals surface area contributed by atoms with Crippen LogP contribution in [0.4, 0.5) is 11.4 Å². The molecule has 0 unspecified atom stereocenters. The number of phenols is 2. The molecule has 4 rings (SSSR count). The van der Waals surface area contributed by atoms with Gasteiger partial charge in [-0.15, -0.1) is 0 Å². The van der Waals surface area contributed by atoms with Crippen LogP contribution in [0, 0.1) is 0 Å². The van der Waals surface area contributed by atoms with Crippen LogP contribution in [0.3, 0.4) is 0 Å². The number of phenolic OH excluding ortho intramolecular Hbond substituents is 2. The van der Waals surface area contributed by atoms with Crippen LogP contribution in [0.25, 0.3) is 10.8 Å². The first-order valence-electron chi connectivity index (χ1n) is 10.9. The number of benzene rings is 4. The van der Waals surface area contributed by atoms with Crippen LogP contribution in [-0.4, -0.2) is 49.1 Å². The van der Waals surface area contributed by atoms with E-state index in [9.17, 15) is 58.7 Å². The van der Waals surface area contributed by atoms with Crippen LogP contribution in [0.1, 0.15) is 0 Å². The summed E-state index contributed by atoms with van der Waals surface area (Å²) in [5.41, 5.74) is 0.692. The predicted octanol–water partition coefficient (Wildman–Crippen LogP) is -0.557. The Balaban J connectivity index is 1.99. The van der Waals surface area contributed by atoms with E-state index in [1.165, 1.54) is 0 Å². The monoisotopic (exact) mass is 640 g/mol. The van der Waals surface area contributed by atoms with E-state index < -0.39 is 94.9 Å². The van der Waals surface area contributed by atoms with Crippen LogP contribution in [0.15, 0.2) is 89.1 Å². The smallest absolute Gasteiger partial charge is 0.294 e. The topological polar surface area (TPSA) is 286 Å². The molecule has 0 saturated heterocycles. The van der Waals surface area contributed by atoms with Crippen molar-refractivity contribution in [2.45, 2.75) is 14.7 Å². The molecule has 7 N–H and O–H groups in total. The summed E-state index contributed by atoms with van der Waals surface area (Å²) in [5.74, 6) is -1.19. The van der Waals surface area contributed by atoms with Gasteiger partial charge in [-0.25, -0.2) is 0 Å². The quantitative estimate of drug-likeness (QED) is 0.0577. The molecule has 0 heterocycles. The molecule has 0 aliphatic heterocycles. The van der Waals surface area contributed by atoms with Gasteiger partial charge in [0, 0.05) is 10.8 Å². The van der Waals surface area contributed by atoms with E-state index in [-0.39, 0.29) is 5.39 Å². The van der Waals surface area contributed by atoms with E-state index in [0.29, 0.717) is 0 Å². The Bertz CT molecular complexity index is 2350. The van der Waals surface area contributed by atoms with E-state index >= 15 is 0 Å². The van der Waals surface area contributed by atoms with Crippen LogP contribution < -0.4 is 32.4 Å². The number of nitrogens with one attached hydrogen (secondary N) is 2. The lowest BCUT2D eigenvalue weighted by molar-refractivity contribution is 0.472. The van der Waals surface area contributed by atoms with Crippen LogP contribution in [0.2, 0.25) is 0 Å². The highest BCUT2D eigenvalue weighted by Crippen LogP contribution is 2.27. The van der Waals surface area contributed by atoms with Crippen molar-refractivity contribution in [3.63, 3.8) is 0 Å². The summed E-state index contributed by atoms with van der Waals surface area (Å²) in [6, 6.07) is 7.56. The first kappa shape index (κ1) is 30.2. The summed E-state index contributed by atoms with van der Waals surface area (Å²) in [6.45, 7) is 0. The first-order chi connectivity index (χ1) is 19.4. The lowest BCUT2D eigenvalue weighted by Crippen LogP contribution is -2.48. The van der Waals surface area contributed by atoms with E-state index in [4.69, 9.17) is 0 Å².